The van der Waals surface area contributed by atoms with Crippen molar-refractivity contribution in [3.8, 4) is 0 Å². The van der Waals surface area contributed by atoms with Crippen LogP contribution in [0.2, 0.25) is 0 Å². The van der Waals surface area contributed by atoms with Gasteiger partial charge in [0.05, 0.1) is 6.61 Å². The summed E-state index contributed by atoms with van der Waals surface area (Å²) in [5.74, 6) is 0. The molecule has 5 nitrogen and oxygen atoms in total. The maximum atomic E-state index is 11.9. The number of ether oxygens (including phenoxy) is 1. The number of hydrogen-bond donors (Lipinski definition) is 2. The van der Waals surface area contributed by atoms with Crippen LogP contribution in [0.1, 0.15) is 39.2 Å². The molecule has 5 heteroatoms. The van der Waals surface area contributed by atoms with Gasteiger partial charge in [0.2, 0.25) is 0 Å². The van der Waals surface area contributed by atoms with Crippen LogP contribution >= 0.6 is 0 Å². The zero-order chi connectivity index (χ0) is 16.2. The number of hydrogen-bond acceptors (Lipinski definition) is 4. The van der Waals surface area contributed by atoms with E-state index in [9.17, 15) is 4.79 Å². The Bertz CT molecular complexity index is 494. The average molecular weight is 306 g/mol. The molecule has 2 N–H and O–H groups in total. The highest BCUT2D eigenvalue weighted by atomic mass is 16.6. The number of piperidine rings is 1. The van der Waals surface area contributed by atoms with E-state index in [1.54, 1.807) is 0 Å². The van der Waals surface area contributed by atoms with Crippen LogP contribution in [-0.4, -0.2) is 35.9 Å². The first-order valence-corrected chi connectivity index (χ1v) is 7.81. The molecule has 1 aliphatic rings. The quantitative estimate of drug-likeness (QED) is 0.901. The summed E-state index contributed by atoms with van der Waals surface area (Å²) in [6.45, 7) is 7.40. The van der Waals surface area contributed by atoms with E-state index in [0.29, 0.717) is 0 Å². The molecule has 0 bridgehead atoms. The van der Waals surface area contributed by atoms with E-state index in [4.69, 9.17) is 9.84 Å². The molecular weight excluding hydrogens is 280 g/mol. The van der Waals surface area contributed by atoms with Crippen molar-refractivity contribution in [2.45, 2.75) is 51.9 Å². The van der Waals surface area contributed by atoms with E-state index in [1.807, 2.05) is 45.0 Å². The second-order valence-corrected chi connectivity index (χ2v) is 6.76. The van der Waals surface area contributed by atoms with Crippen LogP contribution < -0.4 is 10.2 Å². The Morgan fingerprint density at radius 2 is 2.05 bits per heavy atom. The zero-order valence-electron chi connectivity index (χ0n) is 13.6. The maximum Gasteiger partial charge on any atom is 0.407 e. The lowest BCUT2D eigenvalue weighted by atomic mass is 10.0. The van der Waals surface area contributed by atoms with Crippen molar-refractivity contribution in [1.82, 2.24) is 5.32 Å². The molecule has 1 aromatic rings. The van der Waals surface area contributed by atoms with Crippen molar-refractivity contribution in [3.05, 3.63) is 29.8 Å². The topological polar surface area (TPSA) is 61.8 Å². The van der Waals surface area contributed by atoms with Gasteiger partial charge in [-0.25, -0.2) is 4.79 Å². The molecule has 1 aliphatic heterocycles. The Morgan fingerprint density at radius 3 is 2.64 bits per heavy atom. The van der Waals surface area contributed by atoms with Gasteiger partial charge in [0.15, 0.2) is 0 Å². The van der Waals surface area contributed by atoms with Crippen LogP contribution in [-0.2, 0) is 11.3 Å². The minimum absolute atomic E-state index is 0.0586. The number of carbonyl (C=O) groups excluding carboxylic acids is 1. The van der Waals surface area contributed by atoms with Crippen molar-refractivity contribution >= 4 is 11.8 Å². The van der Waals surface area contributed by atoms with Crippen LogP contribution in [0.15, 0.2) is 24.3 Å². The average Bonchev–Trinajstić information content (AvgIpc) is 2.45. The van der Waals surface area contributed by atoms with E-state index in [2.05, 4.69) is 10.2 Å². The summed E-state index contributed by atoms with van der Waals surface area (Å²) in [5, 5.41) is 12.1. The van der Waals surface area contributed by atoms with E-state index in [1.165, 1.54) is 0 Å². The lowest BCUT2D eigenvalue weighted by molar-refractivity contribution is 0.0500. The Hall–Kier alpha value is -1.75. The Labute approximate surface area is 132 Å². The Balaban J connectivity index is 1.92. The summed E-state index contributed by atoms with van der Waals surface area (Å²) < 4.78 is 5.32. The maximum absolute atomic E-state index is 11.9. The van der Waals surface area contributed by atoms with Gasteiger partial charge in [0, 0.05) is 24.8 Å². The smallest absolute Gasteiger partial charge is 0.407 e. The molecule has 0 radical (unpaired) electrons. The number of nitrogens with one attached hydrogen (secondary N) is 1. The van der Waals surface area contributed by atoms with E-state index < -0.39 is 5.60 Å². The zero-order valence-corrected chi connectivity index (χ0v) is 13.6. The summed E-state index contributed by atoms with van der Waals surface area (Å²) >= 11 is 0. The predicted molar refractivity (Wildman–Crippen MR) is 87.0 cm³/mol. The van der Waals surface area contributed by atoms with Crippen LogP contribution in [0.5, 0.6) is 0 Å². The van der Waals surface area contributed by atoms with E-state index in [0.717, 1.165) is 37.2 Å². The number of amides is 1. The van der Waals surface area contributed by atoms with Gasteiger partial charge in [-0.3, -0.25) is 0 Å². The highest BCUT2D eigenvalue weighted by Gasteiger charge is 2.24. The number of aliphatic hydroxyl groups excluding tert-OH is 1. The Morgan fingerprint density at radius 1 is 1.36 bits per heavy atom. The first kappa shape index (κ1) is 16.6. The van der Waals surface area contributed by atoms with E-state index >= 15 is 0 Å². The van der Waals surface area contributed by atoms with Crippen LogP contribution in [0.4, 0.5) is 10.5 Å². The number of benzene rings is 1. The van der Waals surface area contributed by atoms with Gasteiger partial charge in [-0.1, -0.05) is 12.1 Å². The number of nitrogens with zero attached hydrogens (tertiary/aromatic N) is 1. The third-order valence-electron chi connectivity index (χ3n) is 3.63. The summed E-state index contributed by atoms with van der Waals surface area (Å²) in [6.07, 6.45) is 1.64. The molecule has 122 valence electrons. The van der Waals surface area contributed by atoms with Gasteiger partial charge in [-0.05, 0) is 51.3 Å². The summed E-state index contributed by atoms with van der Waals surface area (Å²) in [7, 11) is 0. The summed E-state index contributed by atoms with van der Waals surface area (Å²) in [6, 6.07) is 7.99. The molecule has 0 aromatic heterocycles. The SMILES string of the molecule is CC(C)(C)OC(=O)N[C@H]1CCCN(c2ccc(CO)cc2)C1. The molecule has 0 aliphatic carbocycles. The monoisotopic (exact) mass is 306 g/mol. The van der Waals surface area contributed by atoms with Gasteiger partial charge in [-0.15, -0.1) is 0 Å². The van der Waals surface area contributed by atoms with Crippen LogP contribution in [0.25, 0.3) is 0 Å². The van der Waals surface area contributed by atoms with Gasteiger partial charge in [-0.2, -0.15) is 0 Å². The van der Waals surface area contributed by atoms with Gasteiger partial charge in [0.25, 0.3) is 0 Å². The van der Waals surface area contributed by atoms with Crippen LogP contribution in [0, 0.1) is 0 Å². The fourth-order valence-electron chi connectivity index (χ4n) is 2.62. The summed E-state index contributed by atoms with van der Waals surface area (Å²) in [5.41, 5.74) is 1.55. The van der Waals surface area contributed by atoms with Crippen molar-refractivity contribution in [3.63, 3.8) is 0 Å². The molecule has 1 amide bonds. The lowest BCUT2D eigenvalue weighted by Crippen LogP contribution is -2.49. The molecule has 1 fully saturated rings. The van der Waals surface area contributed by atoms with Crippen molar-refractivity contribution in [1.29, 1.82) is 0 Å². The number of alkyl carbamates (subject to hydrolysis) is 1. The normalized spacial score (nSPS) is 18.9. The minimum atomic E-state index is -0.474. The second kappa shape index (κ2) is 7.01. The lowest BCUT2D eigenvalue weighted by Gasteiger charge is -2.35. The highest BCUT2D eigenvalue weighted by Crippen LogP contribution is 2.21. The standard InChI is InChI=1S/C17H26N2O3/c1-17(2,3)22-16(21)18-14-5-4-10-19(11-14)15-8-6-13(12-20)7-9-15/h6-9,14,20H,4-5,10-12H2,1-3H3,(H,18,21)/t14-/m0/s1. The van der Waals surface area contributed by atoms with Crippen molar-refractivity contribution in [2.75, 3.05) is 18.0 Å². The molecule has 0 spiro atoms. The molecule has 1 aromatic carbocycles. The van der Waals surface area contributed by atoms with Crippen molar-refractivity contribution in [2.24, 2.45) is 0 Å². The van der Waals surface area contributed by atoms with Crippen molar-refractivity contribution < 1.29 is 14.6 Å². The fraction of sp³-hybridized carbons (Fsp3) is 0.588. The molecule has 22 heavy (non-hydrogen) atoms. The Kier molecular flexibility index (Phi) is 5.29. The van der Waals surface area contributed by atoms with Gasteiger partial charge in [0.1, 0.15) is 5.60 Å². The molecule has 2 rings (SSSR count). The first-order valence-electron chi connectivity index (χ1n) is 7.81. The molecule has 0 saturated carbocycles. The fourth-order valence-corrected chi connectivity index (χ4v) is 2.62. The minimum Gasteiger partial charge on any atom is -0.444 e. The number of aliphatic hydroxyl groups is 1. The highest BCUT2D eigenvalue weighted by molar-refractivity contribution is 5.68. The number of carbonyl (C=O) groups is 1. The second-order valence-electron chi connectivity index (χ2n) is 6.76. The van der Waals surface area contributed by atoms with Crippen LogP contribution in [0.3, 0.4) is 0 Å². The predicted octanol–water partition coefficient (Wildman–Crippen LogP) is 2.67. The molecule has 1 saturated heterocycles. The molecular formula is C17H26N2O3. The largest absolute Gasteiger partial charge is 0.444 e. The third-order valence-corrected chi connectivity index (χ3v) is 3.63. The first-order chi connectivity index (χ1) is 10.4. The van der Waals surface area contributed by atoms with Gasteiger partial charge >= 0.3 is 6.09 Å². The summed E-state index contributed by atoms with van der Waals surface area (Å²) in [4.78, 5) is 14.1. The number of rotatable bonds is 3. The molecule has 1 heterocycles. The number of anilines is 1. The molecule has 1 atom stereocenters. The third kappa shape index (κ3) is 4.91. The van der Waals surface area contributed by atoms with E-state index in [-0.39, 0.29) is 18.7 Å². The molecule has 0 unspecified atom stereocenters. The van der Waals surface area contributed by atoms with Gasteiger partial charge < -0.3 is 20.1 Å².